The van der Waals surface area contributed by atoms with Crippen LogP contribution in [0.4, 0.5) is 0 Å². The minimum absolute atomic E-state index is 0.285. The highest BCUT2D eigenvalue weighted by atomic mass is 15.3. The summed E-state index contributed by atoms with van der Waals surface area (Å²) in [6.07, 6.45) is 0. The molecular formula is C15H33N3. The first kappa shape index (κ1) is 15.9. The van der Waals surface area contributed by atoms with Gasteiger partial charge in [0.1, 0.15) is 0 Å². The van der Waals surface area contributed by atoms with Crippen LogP contribution in [0, 0.1) is 0 Å². The molecule has 1 aliphatic heterocycles. The van der Waals surface area contributed by atoms with Gasteiger partial charge in [0, 0.05) is 50.3 Å². The average molecular weight is 255 g/mol. The maximum atomic E-state index is 2.60. The standard InChI is InChI=1S/C15H33N3/c1-14(2,3)16(7)8-9-17-10-12-18(13-11-17)15(4,5)6/h8-13H2,1-7H3. The van der Waals surface area contributed by atoms with Crippen molar-refractivity contribution < 1.29 is 0 Å². The van der Waals surface area contributed by atoms with Gasteiger partial charge in [-0.3, -0.25) is 9.80 Å². The summed E-state index contributed by atoms with van der Waals surface area (Å²) >= 11 is 0. The van der Waals surface area contributed by atoms with Gasteiger partial charge in [-0.05, 0) is 48.6 Å². The summed E-state index contributed by atoms with van der Waals surface area (Å²) in [5.41, 5.74) is 0.613. The quantitative estimate of drug-likeness (QED) is 0.765. The molecule has 1 aliphatic rings. The third kappa shape index (κ3) is 4.87. The SMILES string of the molecule is CN(CCN1CCN(C(C)(C)C)CC1)C(C)(C)C. The normalized spacial score (nSPS) is 20.7. The highest BCUT2D eigenvalue weighted by molar-refractivity contribution is 4.82. The molecule has 1 heterocycles. The maximum Gasteiger partial charge on any atom is 0.0126 e. The molecule has 0 bridgehead atoms. The number of hydrogen-bond acceptors (Lipinski definition) is 3. The first-order valence-electron chi connectivity index (χ1n) is 7.29. The summed E-state index contributed by atoms with van der Waals surface area (Å²) in [4.78, 5) is 7.64. The average Bonchev–Trinajstić information content (AvgIpc) is 2.24. The van der Waals surface area contributed by atoms with E-state index < -0.39 is 0 Å². The van der Waals surface area contributed by atoms with Crippen molar-refractivity contribution >= 4 is 0 Å². The molecule has 0 aromatic rings. The van der Waals surface area contributed by atoms with Crippen LogP contribution in [-0.2, 0) is 0 Å². The molecule has 0 unspecified atom stereocenters. The molecule has 1 fully saturated rings. The summed E-state index contributed by atoms with van der Waals surface area (Å²) in [6, 6.07) is 0. The molecule has 0 saturated carbocycles. The van der Waals surface area contributed by atoms with Crippen molar-refractivity contribution in [1.29, 1.82) is 0 Å². The van der Waals surface area contributed by atoms with Gasteiger partial charge in [0.2, 0.25) is 0 Å². The number of piperazine rings is 1. The van der Waals surface area contributed by atoms with E-state index >= 15 is 0 Å². The van der Waals surface area contributed by atoms with E-state index in [2.05, 4.69) is 63.3 Å². The van der Waals surface area contributed by atoms with E-state index in [1.807, 2.05) is 0 Å². The van der Waals surface area contributed by atoms with Crippen molar-refractivity contribution in [2.75, 3.05) is 46.3 Å². The van der Waals surface area contributed by atoms with Gasteiger partial charge in [0.15, 0.2) is 0 Å². The van der Waals surface area contributed by atoms with Crippen LogP contribution >= 0.6 is 0 Å². The van der Waals surface area contributed by atoms with Crippen LogP contribution in [0.2, 0.25) is 0 Å². The summed E-state index contributed by atoms with van der Waals surface area (Å²) in [5.74, 6) is 0. The molecule has 0 amide bonds. The summed E-state index contributed by atoms with van der Waals surface area (Å²) in [7, 11) is 2.23. The zero-order valence-corrected chi connectivity index (χ0v) is 13.6. The second-order valence-electron chi connectivity index (χ2n) is 7.59. The molecular weight excluding hydrogens is 222 g/mol. The minimum Gasteiger partial charge on any atom is -0.300 e. The van der Waals surface area contributed by atoms with Gasteiger partial charge < -0.3 is 4.90 Å². The van der Waals surface area contributed by atoms with Crippen molar-refractivity contribution in [1.82, 2.24) is 14.7 Å². The molecule has 0 N–H and O–H groups in total. The van der Waals surface area contributed by atoms with Crippen molar-refractivity contribution in [2.45, 2.75) is 52.6 Å². The van der Waals surface area contributed by atoms with E-state index in [0.717, 1.165) is 0 Å². The fraction of sp³-hybridized carbons (Fsp3) is 1.00. The van der Waals surface area contributed by atoms with Crippen molar-refractivity contribution in [3.05, 3.63) is 0 Å². The van der Waals surface area contributed by atoms with E-state index in [1.165, 1.54) is 39.3 Å². The molecule has 0 spiro atoms. The Morgan fingerprint density at radius 1 is 0.889 bits per heavy atom. The van der Waals surface area contributed by atoms with Gasteiger partial charge in [-0.1, -0.05) is 0 Å². The number of rotatable bonds is 3. The predicted molar refractivity (Wildman–Crippen MR) is 80.1 cm³/mol. The Morgan fingerprint density at radius 3 is 1.78 bits per heavy atom. The lowest BCUT2D eigenvalue weighted by atomic mass is 10.0. The number of likely N-dealkylation sites (N-methyl/N-ethyl adjacent to an activating group) is 1. The molecule has 108 valence electrons. The predicted octanol–water partition coefficient (Wildman–Crippen LogP) is 2.13. The van der Waals surface area contributed by atoms with Crippen LogP contribution in [0.5, 0.6) is 0 Å². The monoisotopic (exact) mass is 255 g/mol. The van der Waals surface area contributed by atoms with Crippen molar-refractivity contribution in [3.63, 3.8) is 0 Å². The van der Waals surface area contributed by atoms with E-state index in [0.29, 0.717) is 5.54 Å². The Balaban J connectivity index is 2.28. The van der Waals surface area contributed by atoms with Gasteiger partial charge in [0.25, 0.3) is 0 Å². The van der Waals surface area contributed by atoms with Crippen LogP contribution in [0.25, 0.3) is 0 Å². The zero-order chi connectivity index (χ0) is 14.0. The smallest absolute Gasteiger partial charge is 0.0126 e. The molecule has 0 aromatic heterocycles. The largest absolute Gasteiger partial charge is 0.300 e. The Bertz CT molecular complexity index is 241. The summed E-state index contributed by atoms with van der Waals surface area (Å²) in [6.45, 7) is 21.0. The molecule has 0 aromatic carbocycles. The van der Waals surface area contributed by atoms with E-state index in [9.17, 15) is 0 Å². The lowest BCUT2D eigenvalue weighted by Gasteiger charge is -2.43. The van der Waals surface area contributed by atoms with Crippen molar-refractivity contribution in [2.24, 2.45) is 0 Å². The fourth-order valence-electron chi connectivity index (χ4n) is 2.27. The molecule has 0 radical (unpaired) electrons. The van der Waals surface area contributed by atoms with Crippen LogP contribution in [0.15, 0.2) is 0 Å². The first-order valence-corrected chi connectivity index (χ1v) is 7.29. The third-order valence-electron chi connectivity index (χ3n) is 4.22. The minimum atomic E-state index is 0.285. The molecule has 1 saturated heterocycles. The van der Waals surface area contributed by atoms with Crippen LogP contribution in [0.3, 0.4) is 0 Å². The Labute approximate surface area is 114 Å². The summed E-state index contributed by atoms with van der Waals surface area (Å²) in [5, 5.41) is 0. The van der Waals surface area contributed by atoms with Gasteiger partial charge in [-0.15, -0.1) is 0 Å². The molecule has 0 atom stereocenters. The molecule has 18 heavy (non-hydrogen) atoms. The highest BCUT2D eigenvalue weighted by Crippen LogP contribution is 2.16. The number of hydrogen-bond donors (Lipinski definition) is 0. The van der Waals surface area contributed by atoms with E-state index in [4.69, 9.17) is 0 Å². The molecule has 3 heteroatoms. The van der Waals surface area contributed by atoms with E-state index in [-0.39, 0.29) is 5.54 Å². The molecule has 0 aliphatic carbocycles. The zero-order valence-electron chi connectivity index (χ0n) is 13.6. The second kappa shape index (κ2) is 5.89. The van der Waals surface area contributed by atoms with Crippen LogP contribution in [0.1, 0.15) is 41.5 Å². The highest BCUT2D eigenvalue weighted by Gasteiger charge is 2.26. The van der Waals surface area contributed by atoms with Gasteiger partial charge in [-0.2, -0.15) is 0 Å². The Kier molecular flexibility index (Phi) is 5.22. The Hall–Kier alpha value is -0.120. The van der Waals surface area contributed by atoms with Crippen LogP contribution in [-0.4, -0.2) is 72.1 Å². The van der Waals surface area contributed by atoms with E-state index in [1.54, 1.807) is 0 Å². The van der Waals surface area contributed by atoms with Crippen molar-refractivity contribution in [3.8, 4) is 0 Å². The lowest BCUT2D eigenvalue weighted by Crippen LogP contribution is -2.54. The fourth-order valence-corrected chi connectivity index (χ4v) is 2.27. The van der Waals surface area contributed by atoms with Gasteiger partial charge in [0.05, 0.1) is 0 Å². The third-order valence-corrected chi connectivity index (χ3v) is 4.22. The topological polar surface area (TPSA) is 9.72 Å². The second-order valence-corrected chi connectivity index (χ2v) is 7.59. The lowest BCUT2D eigenvalue weighted by molar-refractivity contribution is 0.0531. The maximum absolute atomic E-state index is 2.60. The summed E-state index contributed by atoms with van der Waals surface area (Å²) < 4.78 is 0. The van der Waals surface area contributed by atoms with Gasteiger partial charge in [-0.25, -0.2) is 0 Å². The molecule has 1 rings (SSSR count). The number of nitrogens with zero attached hydrogens (tertiary/aromatic N) is 3. The molecule has 3 nitrogen and oxygen atoms in total. The first-order chi connectivity index (χ1) is 8.10. The van der Waals surface area contributed by atoms with Gasteiger partial charge >= 0.3 is 0 Å². The van der Waals surface area contributed by atoms with Crippen LogP contribution < -0.4 is 0 Å². The Morgan fingerprint density at radius 2 is 1.39 bits per heavy atom.